The topological polar surface area (TPSA) is 70.7 Å². The fraction of sp³-hybridized carbons (Fsp3) is 0.579. The van der Waals surface area contributed by atoms with Gasteiger partial charge in [0.2, 0.25) is 11.6 Å². The van der Waals surface area contributed by atoms with Crippen molar-refractivity contribution in [1.82, 2.24) is 10.2 Å². The van der Waals surface area contributed by atoms with Crippen molar-refractivity contribution in [2.45, 2.75) is 56.7 Å². The fourth-order valence-electron chi connectivity index (χ4n) is 4.66. The summed E-state index contributed by atoms with van der Waals surface area (Å²) in [7, 11) is 1.60. The predicted octanol–water partition coefficient (Wildman–Crippen LogP) is 2.34. The highest BCUT2D eigenvalue weighted by atomic mass is 16.5. The van der Waals surface area contributed by atoms with Gasteiger partial charge in [0.05, 0.1) is 12.8 Å². The molecule has 2 fully saturated rings. The molecule has 1 aromatic carbocycles. The first-order valence-corrected chi connectivity index (χ1v) is 9.19. The van der Waals surface area contributed by atoms with Gasteiger partial charge in [0.25, 0.3) is 5.91 Å². The molecule has 1 unspecified atom stereocenters. The lowest BCUT2D eigenvalue weighted by molar-refractivity contribution is -0.141. The number of fused-ring (bicyclic) bond motifs is 2. The summed E-state index contributed by atoms with van der Waals surface area (Å²) < 4.78 is 5.28. The minimum Gasteiger partial charge on any atom is -0.497 e. The quantitative estimate of drug-likeness (QED) is 0.884. The Labute approximate surface area is 147 Å². The smallest absolute Gasteiger partial charge is 0.270 e. The molecule has 1 aromatic rings. The Bertz CT molecular complexity index is 727. The summed E-state index contributed by atoms with van der Waals surface area (Å²) in [4.78, 5) is 28.2. The molecule has 2 aliphatic heterocycles. The van der Waals surface area contributed by atoms with E-state index in [9.17, 15) is 9.59 Å². The molecule has 0 radical (unpaired) electrons. The Morgan fingerprint density at radius 1 is 1.20 bits per heavy atom. The summed E-state index contributed by atoms with van der Waals surface area (Å²) in [6, 6.07) is 5.57. The van der Waals surface area contributed by atoms with Gasteiger partial charge in [0.15, 0.2) is 0 Å². The number of amides is 2. The van der Waals surface area contributed by atoms with Gasteiger partial charge in [-0.1, -0.05) is 26.2 Å². The van der Waals surface area contributed by atoms with E-state index >= 15 is 0 Å². The Morgan fingerprint density at radius 3 is 2.64 bits per heavy atom. The second kappa shape index (κ2) is 5.73. The summed E-state index contributed by atoms with van der Waals surface area (Å²) in [5.41, 5.74) is -0.153. The zero-order valence-electron chi connectivity index (χ0n) is 14.9. The van der Waals surface area contributed by atoms with Gasteiger partial charge in [-0.2, -0.15) is 0 Å². The normalized spacial score (nSPS) is 27.0. The Kier molecular flexibility index (Phi) is 3.76. The molecular weight excluding hydrogens is 318 g/mol. The number of benzene rings is 1. The van der Waals surface area contributed by atoms with E-state index in [1.807, 2.05) is 25.1 Å². The first-order chi connectivity index (χ1) is 12.1. The number of rotatable bonds is 3. The van der Waals surface area contributed by atoms with E-state index in [4.69, 9.17) is 4.74 Å². The molecule has 4 rings (SSSR count). The highest BCUT2D eigenvalue weighted by molar-refractivity contribution is 6.10. The lowest BCUT2D eigenvalue weighted by Gasteiger charge is -2.34. The number of nitrogens with one attached hydrogen (secondary N) is 2. The first kappa shape index (κ1) is 16.4. The van der Waals surface area contributed by atoms with Crippen LogP contribution in [0.1, 0.15) is 51.0 Å². The lowest BCUT2D eigenvalue weighted by atomic mass is 9.81. The van der Waals surface area contributed by atoms with Crippen LogP contribution in [-0.4, -0.2) is 35.9 Å². The summed E-state index contributed by atoms with van der Waals surface area (Å²) in [6.07, 6.45) is 5.60. The molecule has 6 nitrogen and oxygen atoms in total. The monoisotopic (exact) mass is 343 g/mol. The number of hydrogen-bond donors (Lipinski definition) is 2. The number of nitrogens with zero attached hydrogens (tertiary/aromatic N) is 1. The number of anilines is 1. The molecule has 0 aromatic heterocycles. The third kappa shape index (κ3) is 2.13. The average molecular weight is 343 g/mol. The lowest BCUT2D eigenvalue weighted by Crippen LogP contribution is -2.57. The van der Waals surface area contributed by atoms with Crippen molar-refractivity contribution in [2.24, 2.45) is 0 Å². The molecule has 1 atom stereocenters. The van der Waals surface area contributed by atoms with Crippen molar-refractivity contribution in [3.63, 3.8) is 0 Å². The Balaban J connectivity index is 1.84. The molecule has 2 amide bonds. The van der Waals surface area contributed by atoms with Crippen molar-refractivity contribution in [3.8, 4) is 5.75 Å². The van der Waals surface area contributed by atoms with Crippen molar-refractivity contribution in [1.29, 1.82) is 0 Å². The molecule has 1 saturated carbocycles. The number of hydrogen-bond acceptors (Lipinski definition) is 4. The van der Waals surface area contributed by atoms with E-state index < -0.39 is 11.2 Å². The van der Waals surface area contributed by atoms with Crippen LogP contribution < -0.4 is 15.4 Å². The third-order valence-electron chi connectivity index (χ3n) is 5.83. The van der Waals surface area contributed by atoms with Gasteiger partial charge >= 0.3 is 0 Å². The molecule has 2 spiro atoms. The van der Waals surface area contributed by atoms with E-state index in [2.05, 4.69) is 10.6 Å². The summed E-state index contributed by atoms with van der Waals surface area (Å²) in [5, 5.41) is 6.49. The maximum atomic E-state index is 13.4. The van der Waals surface area contributed by atoms with Crippen LogP contribution in [0.3, 0.4) is 0 Å². The van der Waals surface area contributed by atoms with E-state index in [0.717, 1.165) is 49.8 Å². The molecule has 2 N–H and O–H groups in total. The third-order valence-corrected chi connectivity index (χ3v) is 5.83. The van der Waals surface area contributed by atoms with Crippen LogP contribution in [0.4, 0.5) is 5.69 Å². The van der Waals surface area contributed by atoms with Crippen LogP contribution in [0, 0.1) is 0 Å². The number of carbonyl (C=O) groups excluding carboxylic acids is 2. The van der Waals surface area contributed by atoms with Crippen LogP contribution in [-0.2, 0) is 15.3 Å². The molecule has 3 aliphatic rings. The SMILES string of the molecule is CCCN1C(=O)C2(CCCCC2)NC12C(=O)Nc1cc(OC)ccc12. The van der Waals surface area contributed by atoms with E-state index in [1.165, 1.54) is 0 Å². The molecule has 0 bridgehead atoms. The van der Waals surface area contributed by atoms with Crippen molar-refractivity contribution in [2.75, 3.05) is 19.0 Å². The molecular formula is C19H25N3O3. The Morgan fingerprint density at radius 2 is 1.96 bits per heavy atom. The van der Waals surface area contributed by atoms with Crippen molar-refractivity contribution < 1.29 is 14.3 Å². The predicted molar refractivity (Wildman–Crippen MR) is 94.3 cm³/mol. The molecule has 1 aliphatic carbocycles. The maximum absolute atomic E-state index is 13.4. The fourth-order valence-corrected chi connectivity index (χ4v) is 4.66. The Hall–Kier alpha value is -2.08. The molecule has 2 heterocycles. The number of ether oxygens (including phenoxy) is 1. The molecule has 6 heteroatoms. The van der Waals surface area contributed by atoms with Gasteiger partial charge < -0.3 is 15.0 Å². The van der Waals surface area contributed by atoms with E-state index in [1.54, 1.807) is 12.0 Å². The van der Waals surface area contributed by atoms with Gasteiger partial charge in [-0.15, -0.1) is 0 Å². The van der Waals surface area contributed by atoms with Crippen LogP contribution in [0.15, 0.2) is 18.2 Å². The summed E-state index contributed by atoms with van der Waals surface area (Å²) in [5.74, 6) is 0.600. The molecule has 25 heavy (non-hydrogen) atoms. The van der Waals surface area contributed by atoms with Crippen LogP contribution >= 0.6 is 0 Å². The zero-order valence-corrected chi connectivity index (χ0v) is 14.9. The largest absolute Gasteiger partial charge is 0.497 e. The second-order valence-corrected chi connectivity index (χ2v) is 7.30. The number of carbonyl (C=O) groups is 2. The van der Waals surface area contributed by atoms with Gasteiger partial charge in [-0.3, -0.25) is 14.9 Å². The minimum atomic E-state index is -1.09. The van der Waals surface area contributed by atoms with Gasteiger partial charge in [-0.25, -0.2) is 0 Å². The van der Waals surface area contributed by atoms with Gasteiger partial charge in [0.1, 0.15) is 11.3 Å². The van der Waals surface area contributed by atoms with Crippen molar-refractivity contribution >= 4 is 17.5 Å². The highest BCUT2D eigenvalue weighted by Gasteiger charge is 2.65. The zero-order chi connectivity index (χ0) is 17.7. The number of methoxy groups -OCH3 is 1. The van der Waals surface area contributed by atoms with Gasteiger partial charge in [0, 0.05) is 18.2 Å². The highest BCUT2D eigenvalue weighted by Crippen LogP contribution is 2.48. The first-order valence-electron chi connectivity index (χ1n) is 9.19. The van der Waals surface area contributed by atoms with Crippen LogP contribution in [0.25, 0.3) is 0 Å². The summed E-state index contributed by atoms with van der Waals surface area (Å²) in [6.45, 7) is 2.60. The second-order valence-electron chi connectivity index (χ2n) is 7.30. The van der Waals surface area contributed by atoms with Crippen LogP contribution in [0.2, 0.25) is 0 Å². The molecule has 134 valence electrons. The maximum Gasteiger partial charge on any atom is 0.270 e. The van der Waals surface area contributed by atoms with Crippen LogP contribution in [0.5, 0.6) is 5.75 Å². The summed E-state index contributed by atoms with van der Waals surface area (Å²) >= 11 is 0. The van der Waals surface area contributed by atoms with E-state index in [0.29, 0.717) is 12.3 Å². The van der Waals surface area contributed by atoms with E-state index in [-0.39, 0.29) is 11.8 Å². The minimum absolute atomic E-state index is 0.0767. The van der Waals surface area contributed by atoms with Gasteiger partial charge in [-0.05, 0) is 31.4 Å². The average Bonchev–Trinajstić information content (AvgIpc) is 3.03. The van der Waals surface area contributed by atoms with Crippen molar-refractivity contribution in [3.05, 3.63) is 23.8 Å². The standard InChI is InChI=1S/C19H25N3O3/c1-3-11-22-17(24)18(9-5-4-6-10-18)21-19(22)14-8-7-13(25-2)12-15(14)20-16(19)23/h7-8,12,21H,3-6,9-11H2,1-2H3,(H,20,23). The molecule has 1 saturated heterocycles.